The number of rotatable bonds is 4. The van der Waals surface area contributed by atoms with Crippen LogP contribution < -0.4 is 4.90 Å². The van der Waals surface area contributed by atoms with E-state index in [9.17, 15) is 0 Å². The summed E-state index contributed by atoms with van der Waals surface area (Å²) in [6.45, 7) is 0. The van der Waals surface area contributed by atoms with Gasteiger partial charge in [0.25, 0.3) is 0 Å². The first-order valence-corrected chi connectivity index (χ1v) is 20.0. The maximum atomic E-state index is 2.54. The Morgan fingerprint density at radius 3 is 1.69 bits per heavy atom. The summed E-state index contributed by atoms with van der Waals surface area (Å²) in [6.07, 6.45) is 6.86. The zero-order valence-electron chi connectivity index (χ0n) is 30.0. The standard InChI is InChI=1S/C52H34N2S/c1-2-16-36-34(14-1)35-15-3-4-17-37(35)45-32-33(28-29-38(36)45)53(50-26-13-23-44-43-22-9-12-27-51(43)55-52(44)50)48-30-31-49(42-19-6-5-18-41(42)48)54-46-24-10-7-20-39(46)40-21-8-11-25-47(40)54/h1-11,13-26,28-32H,12,27H2. The van der Waals surface area contributed by atoms with E-state index in [0.29, 0.717) is 0 Å². The minimum absolute atomic E-state index is 1.09. The van der Waals surface area contributed by atoms with Crippen molar-refractivity contribution in [2.24, 2.45) is 0 Å². The quantitative estimate of drug-likeness (QED) is 0.165. The van der Waals surface area contributed by atoms with E-state index in [1.165, 1.54) is 102 Å². The Kier molecular flexibility index (Phi) is 6.66. The zero-order chi connectivity index (χ0) is 36.0. The minimum Gasteiger partial charge on any atom is -0.309 e. The maximum absolute atomic E-state index is 2.54. The molecule has 258 valence electrons. The first-order valence-electron chi connectivity index (χ1n) is 19.2. The van der Waals surface area contributed by atoms with Gasteiger partial charge in [-0.25, -0.2) is 0 Å². The molecule has 9 aromatic carbocycles. The largest absolute Gasteiger partial charge is 0.309 e. The molecule has 1 aliphatic rings. The first-order chi connectivity index (χ1) is 27.3. The van der Waals surface area contributed by atoms with Crippen LogP contribution in [0.2, 0.25) is 0 Å². The van der Waals surface area contributed by atoms with E-state index in [-0.39, 0.29) is 0 Å². The van der Waals surface area contributed by atoms with Gasteiger partial charge >= 0.3 is 0 Å². The van der Waals surface area contributed by atoms with Crippen LogP contribution >= 0.6 is 11.3 Å². The summed E-state index contributed by atoms with van der Waals surface area (Å²) in [4.78, 5) is 4.02. The highest BCUT2D eigenvalue weighted by atomic mass is 32.1. The average molecular weight is 719 g/mol. The predicted octanol–water partition coefficient (Wildman–Crippen LogP) is 15.0. The van der Waals surface area contributed by atoms with Crippen LogP contribution in [0.25, 0.3) is 86.7 Å². The van der Waals surface area contributed by atoms with Gasteiger partial charge in [-0.05, 0) is 93.2 Å². The Labute approximate surface area is 322 Å². The zero-order valence-corrected chi connectivity index (χ0v) is 30.9. The number of thiophene rings is 1. The van der Waals surface area contributed by atoms with Crippen molar-refractivity contribution < 1.29 is 0 Å². The fourth-order valence-corrected chi connectivity index (χ4v) is 10.7. The molecule has 12 rings (SSSR count). The van der Waals surface area contributed by atoms with Gasteiger partial charge in [-0.3, -0.25) is 0 Å². The van der Waals surface area contributed by atoms with Crippen molar-refractivity contribution in [1.29, 1.82) is 0 Å². The second-order valence-corrected chi connectivity index (χ2v) is 15.8. The van der Waals surface area contributed by atoms with E-state index in [4.69, 9.17) is 0 Å². The van der Waals surface area contributed by atoms with Crippen LogP contribution in [0.15, 0.2) is 176 Å². The fourth-order valence-electron chi connectivity index (χ4n) is 9.41. The SMILES string of the molecule is C1=Cc2c(sc3c(N(c4ccc5c6ccccc6c6ccccc6c5c4)c4ccc(-n5c6ccccc6c6ccccc65)c5ccccc45)cccc23)CC1. The number of aryl methyl sites for hydroxylation is 1. The Hall–Kier alpha value is -6.68. The molecule has 3 heteroatoms. The van der Waals surface area contributed by atoms with E-state index in [1.807, 2.05) is 11.3 Å². The highest BCUT2D eigenvalue weighted by molar-refractivity contribution is 7.20. The molecule has 0 amide bonds. The highest BCUT2D eigenvalue weighted by Crippen LogP contribution is 2.49. The summed E-state index contributed by atoms with van der Waals surface area (Å²) in [5, 5.41) is 14.0. The Bertz CT molecular complexity index is 3310. The van der Waals surface area contributed by atoms with Crippen molar-refractivity contribution in [2.75, 3.05) is 4.90 Å². The predicted molar refractivity (Wildman–Crippen MR) is 238 cm³/mol. The number of aromatic nitrogens is 1. The van der Waals surface area contributed by atoms with Crippen LogP contribution in [0.4, 0.5) is 17.1 Å². The number of hydrogen-bond donors (Lipinski definition) is 0. The second kappa shape index (κ2) is 11.9. The lowest BCUT2D eigenvalue weighted by Crippen LogP contribution is -2.11. The molecule has 0 unspecified atom stereocenters. The van der Waals surface area contributed by atoms with Crippen LogP contribution in [-0.4, -0.2) is 4.57 Å². The van der Waals surface area contributed by atoms with Gasteiger partial charge < -0.3 is 9.47 Å². The van der Waals surface area contributed by atoms with Crippen molar-refractivity contribution in [1.82, 2.24) is 4.57 Å². The molecule has 0 bridgehead atoms. The Balaban J connectivity index is 1.17. The van der Waals surface area contributed by atoms with E-state index >= 15 is 0 Å². The molecule has 0 radical (unpaired) electrons. The molecule has 0 N–H and O–H groups in total. The molecule has 0 saturated carbocycles. The lowest BCUT2D eigenvalue weighted by Gasteiger charge is -2.29. The summed E-state index contributed by atoms with van der Waals surface area (Å²) in [5.74, 6) is 0. The van der Waals surface area contributed by atoms with Crippen LogP contribution in [0.5, 0.6) is 0 Å². The van der Waals surface area contributed by atoms with Gasteiger partial charge in [-0.2, -0.15) is 0 Å². The van der Waals surface area contributed by atoms with Crippen molar-refractivity contribution >= 4 is 109 Å². The number of anilines is 3. The van der Waals surface area contributed by atoms with Crippen molar-refractivity contribution in [3.8, 4) is 5.69 Å². The molecule has 11 aromatic rings. The van der Waals surface area contributed by atoms with E-state index in [2.05, 4.69) is 191 Å². The van der Waals surface area contributed by atoms with Crippen LogP contribution in [0.1, 0.15) is 16.9 Å². The molecule has 55 heavy (non-hydrogen) atoms. The minimum atomic E-state index is 1.09. The molecule has 1 aliphatic carbocycles. The van der Waals surface area contributed by atoms with Gasteiger partial charge in [0.05, 0.1) is 32.8 Å². The molecule has 0 fully saturated rings. The fraction of sp³-hybridized carbons (Fsp3) is 0.0385. The molecule has 2 nitrogen and oxygen atoms in total. The molecule has 0 saturated heterocycles. The van der Waals surface area contributed by atoms with Crippen molar-refractivity contribution in [3.63, 3.8) is 0 Å². The number of benzene rings is 9. The number of hydrogen-bond acceptors (Lipinski definition) is 2. The third-order valence-electron chi connectivity index (χ3n) is 11.8. The van der Waals surface area contributed by atoms with Crippen LogP contribution in [0, 0.1) is 0 Å². The van der Waals surface area contributed by atoms with Gasteiger partial charge in [0.15, 0.2) is 0 Å². The lowest BCUT2D eigenvalue weighted by molar-refractivity contribution is 1.02. The average Bonchev–Trinajstić information content (AvgIpc) is 3.80. The summed E-state index contributed by atoms with van der Waals surface area (Å²) >= 11 is 1.96. The maximum Gasteiger partial charge on any atom is 0.0640 e. The topological polar surface area (TPSA) is 8.17 Å². The molecular weight excluding hydrogens is 685 g/mol. The third kappa shape index (κ3) is 4.48. The lowest BCUT2D eigenvalue weighted by atomic mass is 9.93. The normalized spacial score (nSPS) is 12.9. The molecule has 2 heterocycles. The number of para-hydroxylation sites is 2. The monoisotopic (exact) mass is 718 g/mol. The second-order valence-electron chi connectivity index (χ2n) is 14.7. The van der Waals surface area contributed by atoms with Gasteiger partial charge in [-0.1, -0.05) is 140 Å². The van der Waals surface area contributed by atoms with Crippen LogP contribution in [-0.2, 0) is 6.42 Å². The molecule has 0 spiro atoms. The number of nitrogens with zero attached hydrogens (tertiary/aromatic N) is 2. The molecule has 2 aromatic heterocycles. The van der Waals surface area contributed by atoms with Crippen molar-refractivity contribution in [3.05, 3.63) is 186 Å². The summed E-state index contributed by atoms with van der Waals surface area (Å²) < 4.78 is 3.78. The van der Waals surface area contributed by atoms with E-state index in [1.54, 1.807) is 0 Å². The van der Waals surface area contributed by atoms with E-state index in [0.717, 1.165) is 18.5 Å². The van der Waals surface area contributed by atoms with Gasteiger partial charge in [0.1, 0.15) is 0 Å². The molecule has 0 atom stereocenters. The van der Waals surface area contributed by atoms with Crippen molar-refractivity contribution in [2.45, 2.75) is 12.8 Å². The van der Waals surface area contributed by atoms with Gasteiger partial charge in [-0.15, -0.1) is 11.3 Å². The Morgan fingerprint density at radius 1 is 0.436 bits per heavy atom. The summed E-state index contributed by atoms with van der Waals surface area (Å²) in [6, 6.07) is 63.0. The third-order valence-corrected chi connectivity index (χ3v) is 13.1. The van der Waals surface area contributed by atoms with Gasteiger partial charge in [0, 0.05) is 37.5 Å². The number of fused-ring (bicyclic) bond motifs is 13. The number of allylic oxidation sites excluding steroid dienone is 1. The summed E-state index contributed by atoms with van der Waals surface area (Å²) in [7, 11) is 0. The first kappa shape index (κ1) is 30.7. The smallest absolute Gasteiger partial charge is 0.0640 e. The summed E-state index contributed by atoms with van der Waals surface area (Å²) in [5.41, 5.74) is 8.53. The molecular formula is C52H34N2S. The van der Waals surface area contributed by atoms with Gasteiger partial charge in [0.2, 0.25) is 0 Å². The Morgan fingerprint density at radius 2 is 1.00 bits per heavy atom. The van der Waals surface area contributed by atoms with Crippen LogP contribution in [0.3, 0.4) is 0 Å². The molecule has 0 aliphatic heterocycles. The highest BCUT2D eigenvalue weighted by Gasteiger charge is 2.24. The van der Waals surface area contributed by atoms with E-state index < -0.39 is 0 Å².